The normalized spacial score (nSPS) is 18.8. The molecule has 7 heteroatoms. The van der Waals surface area contributed by atoms with Crippen LogP contribution in [0.5, 0.6) is 0 Å². The van der Waals surface area contributed by atoms with Crippen molar-refractivity contribution in [3.05, 3.63) is 56.5 Å². The molecule has 1 saturated carbocycles. The van der Waals surface area contributed by atoms with Gasteiger partial charge in [-0.1, -0.05) is 30.8 Å². The highest BCUT2D eigenvalue weighted by atomic mass is 32.2. The Morgan fingerprint density at radius 3 is 2.90 bits per heavy atom. The van der Waals surface area contributed by atoms with Crippen LogP contribution in [-0.2, 0) is 11.2 Å². The average molecular weight is 426 g/mol. The second-order valence-electron chi connectivity index (χ2n) is 7.67. The largest absolute Gasteiger partial charge is 0.335 e. The number of fused-ring (bicyclic) bond motifs is 2. The lowest BCUT2D eigenvalue weighted by atomic mass is 9.98. The monoisotopic (exact) mass is 425 g/mol. The fourth-order valence-corrected chi connectivity index (χ4v) is 6.11. The number of hydrogen-bond donors (Lipinski definition) is 0. The van der Waals surface area contributed by atoms with Crippen LogP contribution in [0.25, 0.3) is 10.9 Å². The van der Waals surface area contributed by atoms with Crippen LogP contribution in [0.4, 0.5) is 0 Å². The number of carbonyl (C=O) groups is 1. The van der Waals surface area contributed by atoms with Crippen molar-refractivity contribution in [1.29, 1.82) is 0 Å². The molecule has 1 aromatic carbocycles. The highest BCUT2D eigenvalue weighted by molar-refractivity contribution is 7.99. The van der Waals surface area contributed by atoms with Gasteiger partial charge in [0.25, 0.3) is 5.56 Å². The lowest BCUT2D eigenvalue weighted by Crippen LogP contribution is -2.40. The van der Waals surface area contributed by atoms with Crippen LogP contribution in [0.1, 0.15) is 48.7 Å². The maximum absolute atomic E-state index is 13.1. The Balaban J connectivity index is 1.40. The molecule has 2 aromatic heterocycles. The molecule has 0 radical (unpaired) electrons. The summed E-state index contributed by atoms with van der Waals surface area (Å²) in [4.78, 5) is 34.3. The molecular formula is C22H23N3O2S2. The second kappa shape index (κ2) is 7.61. The third kappa shape index (κ3) is 3.40. The quantitative estimate of drug-likeness (QED) is 0.448. The first kappa shape index (κ1) is 18.9. The van der Waals surface area contributed by atoms with E-state index in [1.54, 1.807) is 11.3 Å². The summed E-state index contributed by atoms with van der Waals surface area (Å²) >= 11 is 3.20. The predicted molar refractivity (Wildman–Crippen MR) is 118 cm³/mol. The Hall–Kier alpha value is -2.12. The number of carbonyl (C=O) groups excluding carboxylic acids is 1. The molecule has 0 saturated heterocycles. The molecule has 5 nitrogen and oxygen atoms in total. The van der Waals surface area contributed by atoms with E-state index in [0.717, 1.165) is 32.2 Å². The third-order valence-corrected chi connectivity index (χ3v) is 7.75. The molecule has 3 heterocycles. The van der Waals surface area contributed by atoms with Gasteiger partial charge in [-0.05, 0) is 54.8 Å². The van der Waals surface area contributed by atoms with Gasteiger partial charge in [0, 0.05) is 17.5 Å². The van der Waals surface area contributed by atoms with E-state index in [1.165, 1.54) is 22.2 Å². The van der Waals surface area contributed by atoms with Gasteiger partial charge >= 0.3 is 0 Å². The molecule has 1 unspecified atom stereocenters. The van der Waals surface area contributed by atoms with Crippen molar-refractivity contribution < 1.29 is 4.79 Å². The molecule has 3 aromatic rings. The van der Waals surface area contributed by atoms with Crippen molar-refractivity contribution in [2.75, 3.05) is 12.3 Å². The van der Waals surface area contributed by atoms with E-state index in [2.05, 4.69) is 18.4 Å². The van der Waals surface area contributed by atoms with E-state index in [1.807, 2.05) is 33.7 Å². The number of para-hydroxylation sites is 1. The van der Waals surface area contributed by atoms with Gasteiger partial charge in [-0.15, -0.1) is 11.3 Å². The minimum absolute atomic E-state index is 0.0142. The molecule has 1 aliphatic carbocycles. The zero-order valence-electron chi connectivity index (χ0n) is 16.3. The number of aromatic nitrogens is 2. The number of benzene rings is 1. The van der Waals surface area contributed by atoms with Gasteiger partial charge in [-0.25, -0.2) is 4.98 Å². The Morgan fingerprint density at radius 2 is 2.10 bits per heavy atom. The summed E-state index contributed by atoms with van der Waals surface area (Å²) in [5, 5.41) is 3.46. The van der Waals surface area contributed by atoms with Crippen LogP contribution in [0.3, 0.4) is 0 Å². The number of amides is 1. The lowest BCUT2D eigenvalue weighted by molar-refractivity contribution is -0.131. The van der Waals surface area contributed by atoms with Gasteiger partial charge in [0.05, 0.1) is 22.7 Å². The third-order valence-electron chi connectivity index (χ3n) is 5.81. The Labute approximate surface area is 177 Å². The summed E-state index contributed by atoms with van der Waals surface area (Å²) in [5.41, 5.74) is 2.03. The zero-order valence-corrected chi connectivity index (χ0v) is 18.0. The minimum atomic E-state index is 0.0142. The summed E-state index contributed by atoms with van der Waals surface area (Å²) in [5.74, 6) is 0.441. The highest BCUT2D eigenvalue weighted by Crippen LogP contribution is 2.38. The van der Waals surface area contributed by atoms with Crippen molar-refractivity contribution in [2.45, 2.75) is 49.8 Å². The number of rotatable bonds is 5. The summed E-state index contributed by atoms with van der Waals surface area (Å²) in [7, 11) is 0. The van der Waals surface area contributed by atoms with Gasteiger partial charge in [0.2, 0.25) is 5.91 Å². The first-order valence-corrected chi connectivity index (χ1v) is 12.0. The van der Waals surface area contributed by atoms with Crippen LogP contribution in [0.2, 0.25) is 0 Å². The minimum Gasteiger partial charge on any atom is -0.335 e. The standard InChI is InChI=1S/C22H23N3O2S2/c1-2-18-16-10-12-28-19(16)9-11-24(18)20(26)13-29-22-23-17-6-4-3-5-15(17)21(27)25(22)14-7-8-14/h3-6,10,12,14,18H,2,7-9,11,13H2,1H3. The van der Waals surface area contributed by atoms with E-state index >= 15 is 0 Å². The molecule has 0 bridgehead atoms. The first-order valence-electron chi connectivity index (χ1n) is 10.2. The van der Waals surface area contributed by atoms with E-state index in [4.69, 9.17) is 4.98 Å². The molecule has 150 valence electrons. The van der Waals surface area contributed by atoms with Crippen LogP contribution in [-0.4, -0.2) is 32.7 Å². The number of thioether (sulfide) groups is 1. The van der Waals surface area contributed by atoms with E-state index in [0.29, 0.717) is 21.8 Å². The van der Waals surface area contributed by atoms with Crippen molar-refractivity contribution in [3.8, 4) is 0 Å². The summed E-state index contributed by atoms with van der Waals surface area (Å²) in [6, 6.07) is 10.0. The number of hydrogen-bond acceptors (Lipinski definition) is 5. The lowest BCUT2D eigenvalue weighted by Gasteiger charge is -2.35. The highest BCUT2D eigenvalue weighted by Gasteiger charge is 2.32. The molecule has 1 aliphatic heterocycles. The first-order chi connectivity index (χ1) is 14.2. The molecule has 1 fully saturated rings. The molecule has 0 spiro atoms. The maximum atomic E-state index is 13.1. The molecule has 2 aliphatic rings. The van der Waals surface area contributed by atoms with E-state index in [-0.39, 0.29) is 23.6 Å². The van der Waals surface area contributed by atoms with Gasteiger partial charge in [-0.2, -0.15) is 0 Å². The average Bonchev–Trinajstić information content (AvgIpc) is 3.46. The van der Waals surface area contributed by atoms with Crippen LogP contribution in [0, 0.1) is 0 Å². The van der Waals surface area contributed by atoms with Gasteiger partial charge in [-0.3, -0.25) is 14.2 Å². The molecule has 5 rings (SSSR count). The Kier molecular flexibility index (Phi) is 4.95. The van der Waals surface area contributed by atoms with Crippen LogP contribution >= 0.6 is 23.1 Å². The van der Waals surface area contributed by atoms with Crippen molar-refractivity contribution in [2.24, 2.45) is 0 Å². The molecular weight excluding hydrogens is 402 g/mol. The summed E-state index contributed by atoms with van der Waals surface area (Å²) < 4.78 is 1.81. The maximum Gasteiger partial charge on any atom is 0.262 e. The van der Waals surface area contributed by atoms with Gasteiger partial charge in [0.1, 0.15) is 0 Å². The van der Waals surface area contributed by atoms with E-state index < -0.39 is 0 Å². The number of nitrogens with zero attached hydrogens (tertiary/aromatic N) is 3. The molecule has 1 amide bonds. The zero-order chi connectivity index (χ0) is 20.0. The Morgan fingerprint density at radius 1 is 1.28 bits per heavy atom. The fourth-order valence-electron chi connectivity index (χ4n) is 4.23. The smallest absolute Gasteiger partial charge is 0.262 e. The van der Waals surface area contributed by atoms with Crippen molar-refractivity contribution >= 4 is 39.9 Å². The van der Waals surface area contributed by atoms with Crippen LogP contribution in [0.15, 0.2) is 45.7 Å². The van der Waals surface area contributed by atoms with Gasteiger partial charge in [0.15, 0.2) is 5.16 Å². The fraction of sp³-hybridized carbons (Fsp3) is 0.409. The second-order valence-corrected chi connectivity index (χ2v) is 9.61. The molecule has 29 heavy (non-hydrogen) atoms. The van der Waals surface area contributed by atoms with Crippen molar-refractivity contribution in [3.63, 3.8) is 0 Å². The predicted octanol–water partition coefficient (Wildman–Crippen LogP) is 4.42. The molecule has 0 N–H and O–H groups in total. The van der Waals surface area contributed by atoms with Crippen LogP contribution < -0.4 is 5.56 Å². The Bertz CT molecular complexity index is 1130. The topological polar surface area (TPSA) is 55.2 Å². The van der Waals surface area contributed by atoms with Gasteiger partial charge < -0.3 is 4.90 Å². The van der Waals surface area contributed by atoms with E-state index in [9.17, 15) is 9.59 Å². The SMILES string of the molecule is CCC1c2ccsc2CCN1C(=O)CSc1nc2ccccc2c(=O)n1C1CC1. The summed E-state index contributed by atoms with van der Waals surface area (Å²) in [6.45, 7) is 2.91. The summed E-state index contributed by atoms with van der Waals surface area (Å²) in [6.07, 6.45) is 3.86. The molecule has 1 atom stereocenters. The van der Waals surface area contributed by atoms with Crippen molar-refractivity contribution in [1.82, 2.24) is 14.5 Å². The number of thiophene rings is 1.